The predicted octanol–water partition coefficient (Wildman–Crippen LogP) is 3.24. The Labute approximate surface area is 121 Å². The highest BCUT2D eigenvalue weighted by atomic mass is 15.1. The molecule has 0 aliphatic carbocycles. The van der Waals surface area contributed by atoms with Gasteiger partial charge in [-0.25, -0.2) is 0 Å². The molecule has 0 bridgehead atoms. The summed E-state index contributed by atoms with van der Waals surface area (Å²) in [7, 11) is 2.16. The zero-order valence-corrected chi connectivity index (χ0v) is 12.3. The lowest BCUT2D eigenvalue weighted by Gasteiger charge is -2.12. The van der Waals surface area contributed by atoms with E-state index in [-0.39, 0.29) is 6.04 Å². The van der Waals surface area contributed by atoms with Crippen molar-refractivity contribution in [3.63, 3.8) is 0 Å². The van der Waals surface area contributed by atoms with Crippen molar-refractivity contribution in [2.75, 3.05) is 18.5 Å². The summed E-state index contributed by atoms with van der Waals surface area (Å²) >= 11 is 0. The Bertz CT molecular complexity index is 599. The lowest BCUT2D eigenvalue weighted by molar-refractivity contribution is 0.738. The van der Waals surface area contributed by atoms with Gasteiger partial charge in [-0.05, 0) is 54.2 Å². The zero-order valence-electron chi connectivity index (χ0n) is 12.3. The van der Waals surface area contributed by atoms with Crippen LogP contribution in [-0.2, 0) is 12.8 Å². The molecule has 2 heteroatoms. The number of rotatable bonds is 3. The van der Waals surface area contributed by atoms with Crippen LogP contribution in [0.4, 0.5) is 5.69 Å². The third kappa shape index (κ3) is 2.56. The number of hydrogen-bond donors (Lipinski definition) is 1. The van der Waals surface area contributed by atoms with Crippen LogP contribution in [0.1, 0.15) is 18.1 Å². The molecule has 1 heterocycles. The van der Waals surface area contributed by atoms with Gasteiger partial charge in [0.05, 0.1) is 0 Å². The Morgan fingerprint density at radius 2 is 1.80 bits per heavy atom. The Morgan fingerprint density at radius 3 is 2.50 bits per heavy atom. The molecule has 2 aromatic carbocycles. The first-order valence-electron chi connectivity index (χ1n) is 7.32. The standard InChI is InChI=1S/C18H22N2/c1-13(19)11-14-3-5-15(6-4-14)16-7-8-18-17(12-16)9-10-20(18)2/h3-8,12-13H,9-11,19H2,1-2H3. The lowest BCUT2D eigenvalue weighted by Crippen LogP contribution is -2.17. The second kappa shape index (κ2) is 5.29. The van der Waals surface area contributed by atoms with Crippen LogP contribution in [0.3, 0.4) is 0 Å². The molecule has 20 heavy (non-hydrogen) atoms. The predicted molar refractivity (Wildman–Crippen MR) is 86.2 cm³/mol. The Balaban J connectivity index is 1.86. The van der Waals surface area contributed by atoms with E-state index < -0.39 is 0 Å². The Morgan fingerprint density at radius 1 is 1.10 bits per heavy atom. The molecule has 2 N–H and O–H groups in total. The molecule has 1 aliphatic heterocycles. The van der Waals surface area contributed by atoms with Crippen molar-refractivity contribution in [3.8, 4) is 11.1 Å². The fourth-order valence-corrected chi connectivity index (χ4v) is 2.95. The van der Waals surface area contributed by atoms with Gasteiger partial charge in [-0.15, -0.1) is 0 Å². The maximum Gasteiger partial charge on any atom is 0.0397 e. The van der Waals surface area contributed by atoms with E-state index in [0.717, 1.165) is 19.4 Å². The van der Waals surface area contributed by atoms with E-state index in [9.17, 15) is 0 Å². The summed E-state index contributed by atoms with van der Waals surface area (Å²) in [6.45, 7) is 3.18. The number of benzene rings is 2. The Hall–Kier alpha value is -1.80. The largest absolute Gasteiger partial charge is 0.374 e. The Kier molecular flexibility index (Phi) is 3.49. The van der Waals surface area contributed by atoms with E-state index in [1.807, 2.05) is 6.92 Å². The number of nitrogens with zero attached hydrogens (tertiary/aromatic N) is 1. The average molecular weight is 266 g/mol. The van der Waals surface area contributed by atoms with E-state index in [2.05, 4.69) is 54.4 Å². The van der Waals surface area contributed by atoms with E-state index in [0.29, 0.717) is 0 Å². The van der Waals surface area contributed by atoms with Gasteiger partial charge in [0.2, 0.25) is 0 Å². The first-order chi connectivity index (χ1) is 9.63. The third-order valence-corrected chi connectivity index (χ3v) is 4.05. The summed E-state index contributed by atoms with van der Waals surface area (Å²) in [5, 5.41) is 0. The number of likely N-dealkylation sites (N-methyl/N-ethyl adjacent to an activating group) is 1. The quantitative estimate of drug-likeness (QED) is 0.924. The second-order valence-electron chi connectivity index (χ2n) is 5.89. The maximum absolute atomic E-state index is 5.84. The summed E-state index contributed by atoms with van der Waals surface area (Å²) in [6.07, 6.45) is 2.09. The molecule has 1 atom stereocenters. The average Bonchev–Trinajstić information content (AvgIpc) is 2.80. The van der Waals surface area contributed by atoms with E-state index in [1.165, 1.54) is 27.9 Å². The molecule has 0 aromatic heterocycles. The van der Waals surface area contributed by atoms with Crippen LogP contribution in [0.2, 0.25) is 0 Å². The molecule has 104 valence electrons. The summed E-state index contributed by atoms with van der Waals surface area (Å²) < 4.78 is 0. The fourth-order valence-electron chi connectivity index (χ4n) is 2.95. The van der Waals surface area contributed by atoms with E-state index in [4.69, 9.17) is 5.73 Å². The van der Waals surface area contributed by atoms with Crippen LogP contribution in [0.25, 0.3) is 11.1 Å². The van der Waals surface area contributed by atoms with Crippen LogP contribution in [0, 0.1) is 0 Å². The molecule has 1 unspecified atom stereocenters. The number of fused-ring (bicyclic) bond motifs is 1. The first-order valence-corrected chi connectivity index (χ1v) is 7.32. The molecule has 0 amide bonds. The molecule has 0 saturated carbocycles. The highest BCUT2D eigenvalue weighted by Gasteiger charge is 2.15. The van der Waals surface area contributed by atoms with Crippen LogP contribution in [0.5, 0.6) is 0 Å². The molecule has 0 radical (unpaired) electrons. The van der Waals surface area contributed by atoms with Gasteiger partial charge in [-0.3, -0.25) is 0 Å². The number of hydrogen-bond acceptors (Lipinski definition) is 2. The minimum atomic E-state index is 0.219. The highest BCUT2D eigenvalue weighted by molar-refractivity contribution is 5.70. The van der Waals surface area contributed by atoms with Gasteiger partial charge in [0.15, 0.2) is 0 Å². The molecule has 2 nitrogen and oxygen atoms in total. The lowest BCUT2D eigenvalue weighted by atomic mass is 9.99. The molecule has 0 saturated heterocycles. The van der Waals surface area contributed by atoms with Crippen molar-refractivity contribution in [2.45, 2.75) is 25.8 Å². The van der Waals surface area contributed by atoms with Crippen molar-refractivity contribution in [2.24, 2.45) is 5.73 Å². The summed E-state index contributed by atoms with van der Waals surface area (Å²) in [5.41, 5.74) is 12.6. The molecule has 0 fully saturated rings. The van der Waals surface area contributed by atoms with Crippen LogP contribution >= 0.6 is 0 Å². The smallest absolute Gasteiger partial charge is 0.0397 e. The molecule has 2 aromatic rings. The summed E-state index contributed by atoms with van der Waals surface area (Å²) in [4.78, 5) is 2.32. The minimum absolute atomic E-state index is 0.219. The normalized spacial score (nSPS) is 15.2. The maximum atomic E-state index is 5.84. The monoisotopic (exact) mass is 266 g/mol. The van der Waals surface area contributed by atoms with E-state index >= 15 is 0 Å². The third-order valence-electron chi connectivity index (χ3n) is 4.05. The van der Waals surface area contributed by atoms with Gasteiger partial charge in [0.25, 0.3) is 0 Å². The fraction of sp³-hybridized carbons (Fsp3) is 0.333. The molecular weight excluding hydrogens is 244 g/mol. The molecule has 1 aliphatic rings. The highest BCUT2D eigenvalue weighted by Crippen LogP contribution is 2.31. The first kappa shape index (κ1) is 13.2. The van der Waals surface area contributed by atoms with Gasteiger partial charge in [-0.2, -0.15) is 0 Å². The zero-order chi connectivity index (χ0) is 14.1. The minimum Gasteiger partial charge on any atom is -0.374 e. The van der Waals surface area contributed by atoms with Crippen LogP contribution in [0.15, 0.2) is 42.5 Å². The van der Waals surface area contributed by atoms with Gasteiger partial charge in [0, 0.05) is 25.3 Å². The van der Waals surface area contributed by atoms with Crippen molar-refractivity contribution in [1.29, 1.82) is 0 Å². The summed E-state index contributed by atoms with van der Waals surface area (Å²) in [5.74, 6) is 0. The topological polar surface area (TPSA) is 29.3 Å². The van der Waals surface area contributed by atoms with Crippen molar-refractivity contribution >= 4 is 5.69 Å². The van der Waals surface area contributed by atoms with Crippen molar-refractivity contribution in [1.82, 2.24) is 0 Å². The number of nitrogens with two attached hydrogens (primary N) is 1. The van der Waals surface area contributed by atoms with Crippen LogP contribution in [-0.4, -0.2) is 19.6 Å². The van der Waals surface area contributed by atoms with E-state index in [1.54, 1.807) is 0 Å². The van der Waals surface area contributed by atoms with Crippen LogP contribution < -0.4 is 10.6 Å². The number of anilines is 1. The van der Waals surface area contributed by atoms with Gasteiger partial charge < -0.3 is 10.6 Å². The van der Waals surface area contributed by atoms with Crippen molar-refractivity contribution in [3.05, 3.63) is 53.6 Å². The second-order valence-corrected chi connectivity index (χ2v) is 5.89. The van der Waals surface area contributed by atoms with Gasteiger partial charge in [0.1, 0.15) is 0 Å². The molecule has 3 rings (SSSR count). The molecule has 0 spiro atoms. The summed E-state index contributed by atoms with van der Waals surface area (Å²) in [6, 6.07) is 15.8. The van der Waals surface area contributed by atoms with Gasteiger partial charge in [-0.1, -0.05) is 30.3 Å². The SMILES string of the molecule is CC(N)Cc1ccc(-c2ccc3c(c2)CCN3C)cc1. The molecular formula is C18H22N2. The van der Waals surface area contributed by atoms with Gasteiger partial charge >= 0.3 is 0 Å². The van der Waals surface area contributed by atoms with Crippen molar-refractivity contribution < 1.29 is 0 Å².